The number of hydrogen-bond donors (Lipinski definition) is 2. The lowest BCUT2D eigenvalue weighted by Gasteiger charge is -2.38. The fourth-order valence-corrected chi connectivity index (χ4v) is 2.71. The van der Waals surface area contributed by atoms with E-state index in [4.69, 9.17) is 11.6 Å². The highest BCUT2D eigenvalue weighted by atomic mass is 35.5. The fourth-order valence-electron chi connectivity index (χ4n) is 2.53. The number of piperidine rings is 1. The number of benzene rings is 1. The molecule has 1 fully saturated rings. The molecule has 0 aromatic heterocycles. The van der Waals surface area contributed by atoms with E-state index in [1.807, 2.05) is 12.1 Å². The summed E-state index contributed by atoms with van der Waals surface area (Å²) in [4.78, 5) is 14.0. The number of nitrogens with zero attached hydrogens (tertiary/aromatic N) is 1. The Balaban J connectivity index is 2.08. The standard InChI is InChI=1S/C14H19ClN2O2/c1-10-5-4-8-17(13(10)9-18)14(19)16-12-7-3-2-6-11(12)15/h2-3,6-7,10,13,18H,4-5,8-9H2,1H3,(H,16,19). The van der Waals surface area contributed by atoms with E-state index in [9.17, 15) is 9.90 Å². The van der Waals surface area contributed by atoms with Crippen LogP contribution >= 0.6 is 11.6 Å². The van der Waals surface area contributed by atoms with Crippen LogP contribution in [0, 0.1) is 5.92 Å². The molecule has 4 nitrogen and oxygen atoms in total. The van der Waals surface area contributed by atoms with Gasteiger partial charge in [0.1, 0.15) is 0 Å². The first-order chi connectivity index (χ1) is 9.13. The topological polar surface area (TPSA) is 52.6 Å². The highest BCUT2D eigenvalue weighted by Crippen LogP contribution is 2.25. The first-order valence-electron chi connectivity index (χ1n) is 6.56. The highest BCUT2D eigenvalue weighted by Gasteiger charge is 2.31. The molecule has 0 saturated carbocycles. The van der Waals surface area contributed by atoms with Gasteiger partial charge in [-0.25, -0.2) is 4.79 Å². The van der Waals surface area contributed by atoms with Crippen LogP contribution in [0.3, 0.4) is 0 Å². The first-order valence-corrected chi connectivity index (χ1v) is 6.94. The Labute approximate surface area is 118 Å². The van der Waals surface area contributed by atoms with Crippen LogP contribution in [0.1, 0.15) is 19.8 Å². The van der Waals surface area contributed by atoms with Gasteiger partial charge in [-0.15, -0.1) is 0 Å². The zero-order valence-corrected chi connectivity index (χ0v) is 11.7. The molecule has 0 bridgehead atoms. The predicted octanol–water partition coefficient (Wildman–Crippen LogP) is 2.96. The van der Waals surface area contributed by atoms with Gasteiger partial charge in [0.15, 0.2) is 0 Å². The molecule has 19 heavy (non-hydrogen) atoms. The zero-order chi connectivity index (χ0) is 13.8. The largest absolute Gasteiger partial charge is 0.394 e. The summed E-state index contributed by atoms with van der Waals surface area (Å²) in [5.74, 6) is 0.316. The van der Waals surface area contributed by atoms with Crippen molar-refractivity contribution in [3.63, 3.8) is 0 Å². The van der Waals surface area contributed by atoms with Crippen molar-refractivity contribution in [3.8, 4) is 0 Å². The summed E-state index contributed by atoms with van der Waals surface area (Å²) >= 11 is 6.02. The van der Waals surface area contributed by atoms with Gasteiger partial charge in [-0.05, 0) is 30.9 Å². The maximum Gasteiger partial charge on any atom is 0.322 e. The third-order valence-electron chi connectivity index (χ3n) is 3.68. The molecule has 0 aliphatic carbocycles. The van der Waals surface area contributed by atoms with E-state index in [1.54, 1.807) is 17.0 Å². The van der Waals surface area contributed by atoms with E-state index in [0.717, 1.165) is 12.8 Å². The molecular weight excluding hydrogens is 264 g/mol. The van der Waals surface area contributed by atoms with E-state index in [0.29, 0.717) is 23.2 Å². The van der Waals surface area contributed by atoms with Crippen LogP contribution in [-0.2, 0) is 0 Å². The number of hydrogen-bond acceptors (Lipinski definition) is 2. The van der Waals surface area contributed by atoms with Gasteiger partial charge >= 0.3 is 6.03 Å². The summed E-state index contributed by atoms with van der Waals surface area (Å²) in [6.45, 7) is 2.73. The smallest absolute Gasteiger partial charge is 0.322 e. The molecule has 2 atom stereocenters. The average molecular weight is 283 g/mol. The van der Waals surface area contributed by atoms with Gasteiger partial charge in [0, 0.05) is 6.54 Å². The minimum Gasteiger partial charge on any atom is -0.394 e. The molecule has 2 rings (SSSR count). The van der Waals surface area contributed by atoms with Crippen LogP contribution in [0.2, 0.25) is 5.02 Å². The molecular formula is C14H19ClN2O2. The third-order valence-corrected chi connectivity index (χ3v) is 4.01. The van der Waals surface area contributed by atoms with Crippen molar-refractivity contribution >= 4 is 23.3 Å². The Morgan fingerprint density at radius 1 is 1.53 bits per heavy atom. The Morgan fingerprint density at radius 2 is 2.26 bits per heavy atom. The van der Waals surface area contributed by atoms with E-state index in [1.165, 1.54) is 0 Å². The second-order valence-corrected chi connectivity index (χ2v) is 5.38. The monoisotopic (exact) mass is 282 g/mol. The molecule has 1 aromatic carbocycles. The maximum atomic E-state index is 12.3. The van der Waals surface area contributed by atoms with E-state index in [2.05, 4.69) is 12.2 Å². The predicted molar refractivity (Wildman–Crippen MR) is 76.4 cm³/mol. The summed E-state index contributed by atoms with van der Waals surface area (Å²) < 4.78 is 0. The molecule has 2 amide bonds. The Hall–Kier alpha value is -1.26. The molecule has 1 aliphatic rings. The SMILES string of the molecule is CC1CCCN(C(=O)Nc2ccccc2Cl)C1CO. The fraction of sp³-hybridized carbons (Fsp3) is 0.500. The number of carbonyl (C=O) groups excluding carboxylic acids is 1. The van der Waals surface area contributed by atoms with Gasteiger partial charge in [0.25, 0.3) is 0 Å². The van der Waals surface area contributed by atoms with Crippen LogP contribution in [0.25, 0.3) is 0 Å². The summed E-state index contributed by atoms with van der Waals surface area (Å²) in [6.07, 6.45) is 2.01. The average Bonchev–Trinajstić information content (AvgIpc) is 2.41. The molecule has 1 heterocycles. The summed E-state index contributed by atoms with van der Waals surface area (Å²) in [7, 11) is 0. The number of aliphatic hydroxyl groups is 1. The number of rotatable bonds is 2. The Morgan fingerprint density at radius 3 is 2.95 bits per heavy atom. The molecule has 2 unspecified atom stereocenters. The van der Waals surface area contributed by atoms with Crippen molar-refractivity contribution in [1.82, 2.24) is 4.90 Å². The number of aliphatic hydroxyl groups excluding tert-OH is 1. The number of amides is 2. The van der Waals surface area contributed by atoms with Gasteiger partial charge in [-0.3, -0.25) is 0 Å². The Kier molecular flexibility index (Phi) is 4.66. The number of nitrogens with one attached hydrogen (secondary N) is 1. The number of carbonyl (C=O) groups is 1. The summed E-state index contributed by atoms with van der Waals surface area (Å²) in [5, 5.41) is 12.8. The second kappa shape index (κ2) is 6.26. The normalized spacial score (nSPS) is 23.2. The minimum atomic E-state index is -0.196. The molecule has 2 N–H and O–H groups in total. The van der Waals surface area contributed by atoms with Crippen molar-refractivity contribution in [2.45, 2.75) is 25.8 Å². The zero-order valence-electron chi connectivity index (χ0n) is 11.0. The van der Waals surface area contributed by atoms with Gasteiger partial charge in [-0.1, -0.05) is 30.7 Å². The minimum absolute atomic E-state index is 0.00287. The highest BCUT2D eigenvalue weighted by molar-refractivity contribution is 6.33. The van der Waals surface area contributed by atoms with Gasteiger partial charge in [0.05, 0.1) is 23.4 Å². The molecule has 1 saturated heterocycles. The van der Waals surface area contributed by atoms with Crippen molar-refractivity contribution in [2.24, 2.45) is 5.92 Å². The molecule has 1 aromatic rings. The van der Waals surface area contributed by atoms with Crippen LogP contribution in [0.15, 0.2) is 24.3 Å². The molecule has 0 radical (unpaired) electrons. The third kappa shape index (κ3) is 3.19. The lowest BCUT2D eigenvalue weighted by molar-refractivity contribution is 0.0811. The van der Waals surface area contributed by atoms with Crippen molar-refractivity contribution in [2.75, 3.05) is 18.5 Å². The molecule has 1 aliphatic heterocycles. The number of para-hydroxylation sites is 1. The quantitative estimate of drug-likeness (QED) is 0.876. The summed E-state index contributed by atoms with van der Waals surface area (Å²) in [6, 6.07) is 6.83. The van der Waals surface area contributed by atoms with Crippen LogP contribution in [0.4, 0.5) is 10.5 Å². The van der Waals surface area contributed by atoms with Crippen LogP contribution in [0.5, 0.6) is 0 Å². The number of likely N-dealkylation sites (tertiary alicyclic amines) is 1. The number of anilines is 1. The number of halogens is 1. The van der Waals surface area contributed by atoms with E-state index in [-0.39, 0.29) is 18.7 Å². The lowest BCUT2D eigenvalue weighted by atomic mass is 9.91. The molecule has 5 heteroatoms. The van der Waals surface area contributed by atoms with Crippen molar-refractivity contribution in [1.29, 1.82) is 0 Å². The van der Waals surface area contributed by atoms with Crippen molar-refractivity contribution in [3.05, 3.63) is 29.3 Å². The van der Waals surface area contributed by atoms with Gasteiger partial charge in [-0.2, -0.15) is 0 Å². The second-order valence-electron chi connectivity index (χ2n) is 4.97. The number of urea groups is 1. The van der Waals surface area contributed by atoms with Gasteiger partial charge in [0.2, 0.25) is 0 Å². The molecule has 0 spiro atoms. The van der Waals surface area contributed by atoms with Gasteiger partial charge < -0.3 is 15.3 Å². The molecule has 104 valence electrons. The lowest BCUT2D eigenvalue weighted by Crippen LogP contribution is -2.51. The Bertz CT molecular complexity index is 453. The van der Waals surface area contributed by atoms with E-state index < -0.39 is 0 Å². The van der Waals surface area contributed by atoms with E-state index >= 15 is 0 Å². The van der Waals surface area contributed by atoms with Crippen LogP contribution in [-0.4, -0.2) is 35.2 Å². The maximum absolute atomic E-state index is 12.3. The summed E-state index contributed by atoms with van der Waals surface area (Å²) in [5.41, 5.74) is 0.601. The first kappa shape index (κ1) is 14.2. The van der Waals surface area contributed by atoms with Crippen LogP contribution < -0.4 is 5.32 Å². The van der Waals surface area contributed by atoms with Crippen molar-refractivity contribution < 1.29 is 9.90 Å².